The number of aliphatic hydroxyl groups is 1. The van der Waals surface area contributed by atoms with E-state index in [-0.39, 0.29) is 13.0 Å². The fourth-order valence-corrected chi connectivity index (χ4v) is 1.94. The second kappa shape index (κ2) is 15.0. The molecule has 0 unspecified atom stereocenters. The lowest BCUT2D eigenvalue weighted by Crippen LogP contribution is -1.84. The van der Waals surface area contributed by atoms with Crippen molar-refractivity contribution >= 4 is 0 Å². The molecule has 1 N–H and O–H groups in total. The van der Waals surface area contributed by atoms with E-state index in [1.807, 2.05) is 0 Å². The van der Waals surface area contributed by atoms with Gasteiger partial charge in [-0.2, -0.15) is 0 Å². The van der Waals surface area contributed by atoms with Crippen molar-refractivity contribution in [1.82, 2.24) is 0 Å². The highest BCUT2D eigenvalue weighted by atomic mass is 16.2. The minimum Gasteiger partial charge on any atom is -0.396 e. The van der Waals surface area contributed by atoms with Crippen molar-refractivity contribution in [2.24, 2.45) is 0 Å². The summed E-state index contributed by atoms with van der Waals surface area (Å²) in [7, 11) is 0. The molecule has 0 fully saturated rings. The van der Waals surface area contributed by atoms with Gasteiger partial charge >= 0.3 is 0 Å². The highest BCUT2D eigenvalue weighted by Gasteiger charge is 1.92. The Bertz CT molecular complexity index is 172. The Labute approximate surface area is 105 Å². The summed E-state index contributed by atoms with van der Waals surface area (Å²) >= 11 is 0. The predicted molar refractivity (Wildman–Crippen MR) is 72.8 cm³/mol. The molecule has 0 aromatic heterocycles. The van der Waals surface area contributed by atoms with Gasteiger partial charge in [0.25, 0.3) is 0 Å². The summed E-state index contributed by atoms with van der Waals surface area (Å²) in [6.45, 7) is 2.21. The summed E-state index contributed by atoms with van der Waals surface area (Å²) in [5.41, 5.74) is 0. The van der Waals surface area contributed by atoms with Crippen molar-refractivity contribution in [3.63, 3.8) is 0 Å². The Morgan fingerprint density at radius 2 is 1.12 bits per heavy atom. The molecule has 0 atom stereocenters. The van der Waals surface area contributed by atoms with Crippen molar-refractivity contribution in [3.8, 4) is 0 Å². The molecular weight excluding hydrogens is 196 g/mol. The number of unbranched alkanes of at least 4 members (excludes halogenated alkanes) is 9. The average Bonchev–Trinajstić information content (AvgIpc) is 2.31. The Kier molecular flexibility index (Phi) is 11.6. The third-order valence-electron chi connectivity index (χ3n) is 3.00. The molecule has 98 valence electrons. The molecule has 0 aromatic rings. The van der Waals surface area contributed by atoms with Crippen molar-refractivity contribution in [2.45, 2.75) is 90.3 Å². The fourth-order valence-electron chi connectivity index (χ4n) is 1.94. The van der Waals surface area contributed by atoms with Crippen molar-refractivity contribution in [1.29, 1.82) is 0 Å². The maximum Gasteiger partial charge on any atom is 0.0431 e. The zero-order chi connectivity index (χ0) is 13.7. The Balaban J connectivity index is 3.16. The molecular formula is C15H32O. The molecule has 0 rings (SSSR count). The van der Waals surface area contributed by atoms with Crippen LogP contribution in [-0.2, 0) is 0 Å². The van der Waals surface area contributed by atoms with E-state index in [9.17, 15) is 0 Å². The molecule has 0 aliphatic heterocycles. The van der Waals surface area contributed by atoms with Gasteiger partial charge in [0.1, 0.15) is 0 Å². The Morgan fingerprint density at radius 3 is 1.56 bits per heavy atom. The van der Waals surface area contributed by atoms with E-state index in [0.717, 1.165) is 12.8 Å². The first-order valence-corrected chi connectivity index (χ1v) is 7.23. The Morgan fingerprint density at radius 1 is 0.688 bits per heavy atom. The monoisotopic (exact) mass is 230 g/mol. The third-order valence-corrected chi connectivity index (χ3v) is 3.00. The van der Waals surface area contributed by atoms with Crippen LogP contribution in [0.5, 0.6) is 0 Å². The molecule has 0 saturated carbocycles. The van der Waals surface area contributed by atoms with Gasteiger partial charge < -0.3 is 5.11 Å². The first kappa shape index (κ1) is 12.4. The molecule has 0 aromatic carbocycles. The van der Waals surface area contributed by atoms with Crippen molar-refractivity contribution in [3.05, 3.63) is 0 Å². The van der Waals surface area contributed by atoms with E-state index in [4.69, 9.17) is 7.85 Å². The molecule has 0 aliphatic rings. The lowest BCUT2D eigenvalue weighted by atomic mass is 10.0. The number of hydrogen-bond acceptors (Lipinski definition) is 1. The van der Waals surface area contributed by atoms with Crippen LogP contribution in [0.2, 0.25) is 0 Å². The summed E-state index contributed by atoms with van der Waals surface area (Å²) in [6.07, 6.45) is 12.5. The van der Waals surface area contributed by atoms with E-state index in [1.165, 1.54) is 51.4 Å². The summed E-state index contributed by atoms with van der Waals surface area (Å²) < 4.78 is 15.3. The first-order chi connectivity index (χ1) is 8.62. The highest BCUT2D eigenvalue weighted by molar-refractivity contribution is 4.48. The maximum atomic E-state index is 8.72. The van der Waals surface area contributed by atoms with Crippen LogP contribution in [0.1, 0.15) is 93.1 Å². The largest absolute Gasteiger partial charge is 0.396 e. The van der Waals surface area contributed by atoms with Crippen LogP contribution in [0, 0.1) is 0 Å². The molecule has 16 heavy (non-hydrogen) atoms. The van der Waals surface area contributed by atoms with Gasteiger partial charge in [-0.3, -0.25) is 0 Å². The van der Waals surface area contributed by atoms with E-state index >= 15 is 0 Å². The van der Waals surface area contributed by atoms with Gasteiger partial charge in [-0.15, -0.1) is 0 Å². The maximum absolute atomic E-state index is 8.72. The van der Waals surface area contributed by atoms with Gasteiger partial charge in [-0.1, -0.05) is 83.9 Å². The topological polar surface area (TPSA) is 20.2 Å². The molecule has 0 amide bonds. The summed E-state index contributed by atoms with van der Waals surface area (Å²) in [5.74, 6) is 0. The van der Waals surface area contributed by atoms with Gasteiger partial charge in [0.15, 0.2) is 0 Å². The predicted octanol–water partition coefficient (Wildman–Crippen LogP) is 5.07. The van der Waals surface area contributed by atoms with Crippen LogP contribution >= 0.6 is 0 Å². The number of hydrogen-bond donors (Lipinski definition) is 1. The molecule has 0 aliphatic carbocycles. The quantitative estimate of drug-likeness (QED) is 0.438. The third kappa shape index (κ3) is 14.0. The number of rotatable bonds is 13. The van der Waals surface area contributed by atoms with E-state index in [0.29, 0.717) is 6.42 Å². The van der Waals surface area contributed by atoms with Crippen molar-refractivity contribution in [2.75, 3.05) is 6.61 Å². The average molecular weight is 230 g/mol. The molecule has 1 nitrogen and oxygen atoms in total. The zero-order valence-corrected chi connectivity index (χ0v) is 11.1. The second-order valence-corrected chi connectivity index (χ2v) is 4.66. The summed E-state index contributed by atoms with van der Waals surface area (Å²) in [6, 6.07) is 0. The second-order valence-electron chi connectivity index (χ2n) is 4.66. The number of aliphatic hydroxyl groups excluding tert-OH is 1. The standard InChI is InChI=1S/C15H32O/c1-2-3-4-5-6-7-8-9-10-11-12-13-14-15-16/h16H,2-15H2,1H3/i13D2. The lowest BCUT2D eigenvalue weighted by molar-refractivity contribution is 0.282. The summed E-state index contributed by atoms with van der Waals surface area (Å²) in [4.78, 5) is 0. The molecule has 0 spiro atoms. The van der Waals surface area contributed by atoms with Crippen LogP contribution in [0.4, 0.5) is 0 Å². The minimum atomic E-state index is -1.16. The SMILES string of the molecule is [2H]C([2H])(CCO)CCCCCCCCCCCC. The zero-order valence-electron chi connectivity index (χ0n) is 13.1. The molecule has 0 heterocycles. The first-order valence-electron chi connectivity index (χ1n) is 8.23. The fraction of sp³-hybridized carbons (Fsp3) is 1.00. The van der Waals surface area contributed by atoms with Gasteiger partial charge in [0.05, 0.1) is 0 Å². The van der Waals surface area contributed by atoms with Gasteiger partial charge in [-0.25, -0.2) is 0 Å². The lowest BCUT2D eigenvalue weighted by Gasteiger charge is -2.02. The van der Waals surface area contributed by atoms with Crippen molar-refractivity contribution < 1.29 is 7.85 Å². The van der Waals surface area contributed by atoms with Crippen LogP contribution < -0.4 is 0 Å². The molecule has 0 saturated heterocycles. The van der Waals surface area contributed by atoms with Gasteiger partial charge in [-0.05, 0) is 6.42 Å². The van der Waals surface area contributed by atoms with Gasteiger partial charge in [0.2, 0.25) is 0 Å². The van der Waals surface area contributed by atoms with E-state index in [1.54, 1.807) is 0 Å². The van der Waals surface area contributed by atoms with E-state index in [2.05, 4.69) is 6.92 Å². The molecule has 1 heteroatoms. The van der Waals surface area contributed by atoms with E-state index < -0.39 is 6.37 Å². The van der Waals surface area contributed by atoms with Crippen LogP contribution in [0.15, 0.2) is 0 Å². The highest BCUT2D eigenvalue weighted by Crippen LogP contribution is 2.12. The molecule has 0 radical (unpaired) electrons. The van der Waals surface area contributed by atoms with Crippen LogP contribution in [-0.4, -0.2) is 11.7 Å². The van der Waals surface area contributed by atoms with Crippen LogP contribution in [0.25, 0.3) is 0 Å². The van der Waals surface area contributed by atoms with Crippen LogP contribution in [0.3, 0.4) is 0 Å². The smallest absolute Gasteiger partial charge is 0.0431 e. The minimum absolute atomic E-state index is 0.0369. The summed E-state index contributed by atoms with van der Waals surface area (Å²) in [5, 5.41) is 8.72. The van der Waals surface area contributed by atoms with Gasteiger partial charge in [0, 0.05) is 9.35 Å². The molecule has 0 bridgehead atoms. The normalized spacial score (nSPS) is 13.6. The Hall–Kier alpha value is -0.0400.